The summed E-state index contributed by atoms with van der Waals surface area (Å²) in [4.78, 5) is 30.3. The molecule has 0 aliphatic rings. The number of pyridine rings is 3. The topological polar surface area (TPSA) is 92.1 Å². The van der Waals surface area contributed by atoms with Gasteiger partial charge in [0.1, 0.15) is 34.0 Å². The maximum absolute atomic E-state index is 5.26. The first-order valence-corrected chi connectivity index (χ1v) is 17.9. The molecule has 0 spiro atoms. The molecule has 0 fully saturated rings. The van der Waals surface area contributed by atoms with Crippen LogP contribution in [0.15, 0.2) is 146 Å². The van der Waals surface area contributed by atoms with Gasteiger partial charge >= 0.3 is 0 Å². The summed E-state index contributed by atoms with van der Waals surface area (Å²) in [6.07, 6.45) is 5.45. The van der Waals surface area contributed by atoms with Gasteiger partial charge in [0.05, 0.1) is 11.4 Å². The maximum Gasteiger partial charge on any atom is 0.164 e. The summed E-state index contributed by atoms with van der Waals surface area (Å²) >= 11 is 0. The third-order valence-corrected chi connectivity index (χ3v) is 9.93. The van der Waals surface area contributed by atoms with E-state index in [0.29, 0.717) is 0 Å². The minimum absolute atomic E-state index is 0.755. The van der Waals surface area contributed by atoms with Crippen molar-refractivity contribution in [3.05, 3.63) is 163 Å². The highest BCUT2D eigenvalue weighted by atomic mass is 15.2. The van der Waals surface area contributed by atoms with Crippen molar-refractivity contribution in [1.29, 1.82) is 0 Å². The summed E-state index contributed by atoms with van der Waals surface area (Å²) in [5.41, 5.74) is 13.7. The van der Waals surface area contributed by atoms with Crippen LogP contribution in [-0.2, 0) is 0 Å². The van der Waals surface area contributed by atoms with E-state index in [1.807, 2.05) is 55.0 Å². The first-order chi connectivity index (χ1) is 26.5. The molecule has 0 N–H and O–H groups in total. The molecular weight excluding hydrogens is 667 g/mol. The Morgan fingerprint density at radius 2 is 0.815 bits per heavy atom. The van der Waals surface area contributed by atoms with Gasteiger partial charge in [0.2, 0.25) is 0 Å². The predicted molar refractivity (Wildman–Crippen MR) is 214 cm³/mol. The second kappa shape index (κ2) is 12.5. The summed E-state index contributed by atoms with van der Waals surface area (Å²) in [6.45, 7) is 6.33. The number of rotatable bonds is 6. The lowest BCUT2D eigenvalue weighted by Gasteiger charge is -2.16. The fraction of sp³-hybridized carbons (Fsp3) is 0.0667. The molecule has 0 unspecified atom stereocenters. The molecule has 0 saturated carbocycles. The Hall–Kier alpha value is -7.26. The average Bonchev–Trinajstić information content (AvgIpc) is 3.90. The summed E-state index contributed by atoms with van der Waals surface area (Å²) in [5.74, 6) is 2.27. The van der Waals surface area contributed by atoms with Gasteiger partial charge in [-0.15, -0.1) is 0 Å². The van der Waals surface area contributed by atoms with Gasteiger partial charge in [0, 0.05) is 41.0 Å². The van der Waals surface area contributed by atoms with Crippen LogP contribution in [0.5, 0.6) is 0 Å². The Balaban J connectivity index is 1.33. The van der Waals surface area contributed by atoms with Gasteiger partial charge < -0.3 is 0 Å². The molecular formula is C45H33N9. The quantitative estimate of drug-likeness (QED) is 0.172. The molecule has 0 aliphatic heterocycles. The van der Waals surface area contributed by atoms with Crippen LogP contribution < -0.4 is 0 Å². The summed E-state index contributed by atoms with van der Waals surface area (Å²) in [7, 11) is 0. The van der Waals surface area contributed by atoms with E-state index in [9.17, 15) is 0 Å². The van der Waals surface area contributed by atoms with Crippen LogP contribution in [0.2, 0.25) is 0 Å². The zero-order chi connectivity index (χ0) is 36.3. The van der Waals surface area contributed by atoms with E-state index in [1.54, 1.807) is 0 Å². The van der Waals surface area contributed by atoms with Crippen molar-refractivity contribution in [2.24, 2.45) is 0 Å². The first-order valence-electron chi connectivity index (χ1n) is 17.9. The lowest BCUT2D eigenvalue weighted by molar-refractivity contribution is 1.05. The molecule has 10 rings (SSSR count). The van der Waals surface area contributed by atoms with Crippen LogP contribution in [0.1, 0.15) is 16.7 Å². The molecule has 0 radical (unpaired) electrons. The third-order valence-electron chi connectivity index (χ3n) is 9.93. The third kappa shape index (κ3) is 5.09. The van der Waals surface area contributed by atoms with Crippen LogP contribution in [0, 0.1) is 20.8 Å². The molecule has 6 heterocycles. The lowest BCUT2D eigenvalue weighted by atomic mass is 10.0. The zero-order valence-electron chi connectivity index (χ0n) is 29.9. The zero-order valence-corrected chi connectivity index (χ0v) is 29.9. The van der Waals surface area contributed by atoms with Gasteiger partial charge in [-0.1, -0.05) is 48.5 Å². The fourth-order valence-electron chi connectivity index (χ4n) is 7.43. The number of hydrogen-bond acceptors (Lipinski definition) is 6. The predicted octanol–water partition coefficient (Wildman–Crippen LogP) is 9.81. The van der Waals surface area contributed by atoms with Crippen LogP contribution in [-0.4, -0.2) is 43.6 Å². The number of para-hydroxylation sites is 2. The molecule has 0 bridgehead atoms. The maximum atomic E-state index is 5.26. The second-order valence-electron chi connectivity index (χ2n) is 13.6. The van der Waals surface area contributed by atoms with Gasteiger partial charge in [-0.3, -0.25) is 13.7 Å². The van der Waals surface area contributed by atoms with E-state index in [4.69, 9.17) is 29.9 Å². The molecule has 258 valence electrons. The Morgan fingerprint density at radius 3 is 1.26 bits per heavy atom. The summed E-state index contributed by atoms with van der Waals surface area (Å²) in [6, 6.07) is 43.4. The van der Waals surface area contributed by atoms with Crippen LogP contribution >= 0.6 is 0 Å². The summed E-state index contributed by atoms with van der Waals surface area (Å²) in [5, 5.41) is 0. The highest BCUT2D eigenvalue weighted by molar-refractivity contribution is 5.88. The minimum Gasteiger partial charge on any atom is -0.277 e. The van der Waals surface area contributed by atoms with Crippen LogP contribution in [0.25, 0.3) is 84.7 Å². The van der Waals surface area contributed by atoms with Gasteiger partial charge in [-0.2, -0.15) is 0 Å². The van der Waals surface area contributed by atoms with Crippen LogP contribution in [0.4, 0.5) is 0 Å². The molecule has 0 saturated heterocycles. The monoisotopic (exact) mass is 699 g/mol. The van der Waals surface area contributed by atoms with E-state index >= 15 is 0 Å². The SMILES string of the molecule is Cc1cccc(-n2c(-c3cc(-c4nc5cccnc5n4-c4ccccc4C)cc(-c4nc5cccnc5n4-c4ccccc4C)c3)nc3cccnc32)c1. The molecule has 6 aromatic heterocycles. The molecule has 54 heavy (non-hydrogen) atoms. The lowest BCUT2D eigenvalue weighted by Crippen LogP contribution is -2.04. The van der Waals surface area contributed by atoms with Crippen molar-refractivity contribution in [3.63, 3.8) is 0 Å². The normalized spacial score (nSPS) is 11.6. The van der Waals surface area contributed by atoms with Crippen molar-refractivity contribution < 1.29 is 0 Å². The number of nitrogens with zero attached hydrogens (tertiary/aromatic N) is 9. The molecule has 10 aromatic rings. The Labute approximate surface area is 310 Å². The number of benzene rings is 4. The highest BCUT2D eigenvalue weighted by Gasteiger charge is 2.24. The highest BCUT2D eigenvalue weighted by Crippen LogP contribution is 2.38. The number of imidazole rings is 3. The van der Waals surface area contributed by atoms with E-state index < -0.39 is 0 Å². The van der Waals surface area contributed by atoms with Gasteiger partial charge in [-0.05, 0) is 116 Å². The Kier molecular flexibility index (Phi) is 7.26. The van der Waals surface area contributed by atoms with E-state index in [2.05, 4.69) is 125 Å². The standard InChI is InChI=1S/C45H33N9/c1-28-12-8-15-34(24-28)52-40(49-35-16-9-21-46-43(35)52)31-25-32(41-50-36-17-10-22-47-44(36)53(41)38-19-6-4-13-29(38)2)27-33(26-31)42-51-37-18-11-23-48-45(37)54(42)39-20-7-5-14-30(39)3/h4-27H,1-3H3. The van der Waals surface area contributed by atoms with Crippen molar-refractivity contribution in [2.75, 3.05) is 0 Å². The molecule has 9 heteroatoms. The van der Waals surface area contributed by atoms with Gasteiger partial charge in [-0.25, -0.2) is 29.9 Å². The smallest absolute Gasteiger partial charge is 0.164 e. The number of hydrogen-bond donors (Lipinski definition) is 0. The Morgan fingerprint density at radius 1 is 0.389 bits per heavy atom. The van der Waals surface area contributed by atoms with Crippen LogP contribution in [0.3, 0.4) is 0 Å². The molecule has 0 atom stereocenters. The fourth-order valence-corrected chi connectivity index (χ4v) is 7.43. The molecule has 0 aliphatic carbocycles. The Bertz CT molecular complexity index is 2910. The van der Waals surface area contributed by atoms with Crippen molar-refractivity contribution in [1.82, 2.24) is 43.6 Å². The number of aromatic nitrogens is 9. The van der Waals surface area contributed by atoms with Gasteiger partial charge in [0.15, 0.2) is 16.9 Å². The van der Waals surface area contributed by atoms with Crippen molar-refractivity contribution in [2.45, 2.75) is 20.8 Å². The van der Waals surface area contributed by atoms with E-state index in [-0.39, 0.29) is 0 Å². The first kappa shape index (κ1) is 31.5. The van der Waals surface area contributed by atoms with E-state index in [1.165, 1.54) is 0 Å². The second-order valence-corrected chi connectivity index (χ2v) is 13.6. The molecule has 0 amide bonds. The minimum atomic E-state index is 0.755. The summed E-state index contributed by atoms with van der Waals surface area (Å²) < 4.78 is 6.46. The molecule has 4 aromatic carbocycles. The number of fused-ring (bicyclic) bond motifs is 3. The molecule has 9 nitrogen and oxygen atoms in total. The average molecular weight is 700 g/mol. The largest absolute Gasteiger partial charge is 0.277 e. The van der Waals surface area contributed by atoms with Gasteiger partial charge in [0.25, 0.3) is 0 Å². The van der Waals surface area contributed by atoms with Crippen molar-refractivity contribution >= 4 is 33.5 Å². The number of aryl methyl sites for hydroxylation is 3. The van der Waals surface area contributed by atoms with E-state index in [0.717, 1.165) is 101 Å². The van der Waals surface area contributed by atoms with Crippen molar-refractivity contribution in [3.8, 4) is 51.2 Å².